The second kappa shape index (κ2) is 7.94. The van der Waals surface area contributed by atoms with Gasteiger partial charge in [0, 0.05) is 17.8 Å². The molecule has 0 saturated carbocycles. The number of fused-ring (bicyclic) bond motifs is 1. The summed E-state index contributed by atoms with van der Waals surface area (Å²) in [6.45, 7) is 0.117. The van der Waals surface area contributed by atoms with Crippen LogP contribution in [0.5, 0.6) is 23.0 Å². The minimum atomic E-state index is -0.285. The minimum absolute atomic E-state index is 0.0660. The molecule has 1 amide bonds. The molecule has 7 heteroatoms. The van der Waals surface area contributed by atoms with E-state index in [1.807, 2.05) is 6.07 Å². The SMILES string of the molecule is COc1cc(/C=C/C(=O)Nc2ccc3c(c2)OCO3)ccc1OCC#N. The molecule has 0 bridgehead atoms. The number of amides is 1. The Hall–Kier alpha value is -3.66. The summed E-state index contributed by atoms with van der Waals surface area (Å²) in [7, 11) is 1.51. The van der Waals surface area contributed by atoms with E-state index in [1.165, 1.54) is 13.2 Å². The Morgan fingerprint density at radius 2 is 2.08 bits per heavy atom. The molecule has 0 aliphatic carbocycles. The van der Waals surface area contributed by atoms with Gasteiger partial charge in [-0.25, -0.2) is 0 Å². The monoisotopic (exact) mass is 352 g/mol. The number of nitrogens with one attached hydrogen (secondary N) is 1. The predicted octanol–water partition coefficient (Wildman–Crippen LogP) is 2.98. The highest BCUT2D eigenvalue weighted by atomic mass is 16.7. The first-order chi connectivity index (χ1) is 12.7. The minimum Gasteiger partial charge on any atom is -0.493 e. The van der Waals surface area contributed by atoms with Gasteiger partial charge in [-0.2, -0.15) is 5.26 Å². The number of benzene rings is 2. The standard InChI is InChI=1S/C19H16N2O5/c1-23-17-10-13(2-5-15(17)24-9-8-20)3-7-19(22)21-14-4-6-16-18(11-14)26-12-25-16/h2-7,10-11H,9,12H2,1H3,(H,21,22)/b7-3+. The number of carbonyl (C=O) groups is 1. The summed E-state index contributed by atoms with van der Waals surface area (Å²) in [6, 6.07) is 12.3. The van der Waals surface area contributed by atoms with Crippen LogP contribution < -0.4 is 24.3 Å². The average molecular weight is 352 g/mol. The number of anilines is 1. The molecule has 26 heavy (non-hydrogen) atoms. The topological polar surface area (TPSA) is 89.8 Å². The van der Waals surface area contributed by atoms with Gasteiger partial charge in [-0.3, -0.25) is 4.79 Å². The highest BCUT2D eigenvalue weighted by Gasteiger charge is 2.13. The molecule has 0 spiro atoms. The fourth-order valence-electron chi connectivity index (χ4n) is 2.35. The van der Waals surface area contributed by atoms with Gasteiger partial charge in [0.1, 0.15) is 6.07 Å². The molecule has 2 aromatic rings. The third kappa shape index (κ3) is 4.05. The van der Waals surface area contributed by atoms with E-state index in [1.54, 1.807) is 42.5 Å². The van der Waals surface area contributed by atoms with Crippen LogP contribution in [0.3, 0.4) is 0 Å². The maximum absolute atomic E-state index is 12.1. The zero-order valence-corrected chi connectivity index (χ0v) is 14.0. The Bertz CT molecular complexity index is 886. The van der Waals surface area contributed by atoms with E-state index in [4.69, 9.17) is 24.2 Å². The Morgan fingerprint density at radius 3 is 2.88 bits per heavy atom. The molecule has 1 aliphatic heterocycles. The van der Waals surface area contributed by atoms with E-state index >= 15 is 0 Å². The average Bonchev–Trinajstić information content (AvgIpc) is 3.12. The lowest BCUT2D eigenvalue weighted by atomic mass is 10.2. The van der Waals surface area contributed by atoms with Gasteiger partial charge in [0.25, 0.3) is 0 Å². The van der Waals surface area contributed by atoms with Crippen molar-refractivity contribution < 1.29 is 23.7 Å². The maximum atomic E-state index is 12.1. The number of hydrogen-bond donors (Lipinski definition) is 1. The zero-order valence-electron chi connectivity index (χ0n) is 14.0. The summed E-state index contributed by atoms with van der Waals surface area (Å²) >= 11 is 0. The molecular formula is C19H16N2O5. The molecule has 1 heterocycles. The van der Waals surface area contributed by atoms with Crippen LogP contribution in [0.15, 0.2) is 42.5 Å². The van der Waals surface area contributed by atoms with Gasteiger partial charge in [-0.15, -0.1) is 0 Å². The molecule has 132 valence electrons. The predicted molar refractivity (Wildman–Crippen MR) is 94.3 cm³/mol. The van der Waals surface area contributed by atoms with E-state index in [0.717, 1.165) is 5.56 Å². The van der Waals surface area contributed by atoms with E-state index in [9.17, 15) is 4.79 Å². The zero-order chi connectivity index (χ0) is 18.4. The second-order valence-corrected chi connectivity index (χ2v) is 5.25. The molecule has 0 fully saturated rings. The number of carbonyl (C=O) groups excluding carboxylic acids is 1. The van der Waals surface area contributed by atoms with Crippen LogP contribution in [0, 0.1) is 11.3 Å². The Morgan fingerprint density at radius 1 is 1.23 bits per heavy atom. The van der Waals surface area contributed by atoms with Crippen LogP contribution >= 0.6 is 0 Å². The Labute approximate surface area is 150 Å². The van der Waals surface area contributed by atoms with E-state index in [-0.39, 0.29) is 19.3 Å². The molecule has 0 atom stereocenters. The molecule has 1 aliphatic rings. The number of nitrogens with zero attached hydrogens (tertiary/aromatic N) is 1. The molecule has 0 saturated heterocycles. The highest BCUT2D eigenvalue weighted by molar-refractivity contribution is 6.02. The molecule has 3 rings (SSSR count). The highest BCUT2D eigenvalue weighted by Crippen LogP contribution is 2.34. The third-order valence-corrected chi connectivity index (χ3v) is 3.55. The van der Waals surface area contributed by atoms with Crippen molar-refractivity contribution in [1.29, 1.82) is 5.26 Å². The smallest absolute Gasteiger partial charge is 0.248 e. The molecule has 0 radical (unpaired) electrons. The van der Waals surface area contributed by atoms with Gasteiger partial charge in [0.15, 0.2) is 29.6 Å². The van der Waals surface area contributed by atoms with Gasteiger partial charge in [0.2, 0.25) is 12.7 Å². The molecular weight excluding hydrogens is 336 g/mol. The van der Waals surface area contributed by atoms with Crippen molar-refractivity contribution in [2.24, 2.45) is 0 Å². The van der Waals surface area contributed by atoms with Crippen molar-refractivity contribution >= 4 is 17.7 Å². The summed E-state index contributed by atoms with van der Waals surface area (Å²) in [5.74, 6) is 1.93. The lowest BCUT2D eigenvalue weighted by Crippen LogP contribution is -2.07. The van der Waals surface area contributed by atoms with Crippen molar-refractivity contribution in [2.45, 2.75) is 0 Å². The number of hydrogen-bond acceptors (Lipinski definition) is 6. The normalized spacial score (nSPS) is 11.8. The van der Waals surface area contributed by atoms with Crippen LogP contribution in [0.4, 0.5) is 5.69 Å². The first-order valence-electron chi connectivity index (χ1n) is 7.76. The van der Waals surface area contributed by atoms with Crippen molar-refractivity contribution in [2.75, 3.05) is 25.8 Å². The first kappa shape index (κ1) is 17.2. The van der Waals surface area contributed by atoms with Gasteiger partial charge in [0.05, 0.1) is 7.11 Å². The molecule has 0 unspecified atom stereocenters. The van der Waals surface area contributed by atoms with Crippen LogP contribution in [-0.2, 0) is 4.79 Å². The lowest BCUT2D eigenvalue weighted by Gasteiger charge is -2.08. The van der Waals surface area contributed by atoms with E-state index in [0.29, 0.717) is 28.7 Å². The number of ether oxygens (including phenoxy) is 4. The summed E-state index contributed by atoms with van der Waals surface area (Å²) in [5.41, 5.74) is 1.37. The van der Waals surface area contributed by atoms with Crippen LogP contribution in [0.2, 0.25) is 0 Å². The van der Waals surface area contributed by atoms with Gasteiger partial charge in [-0.1, -0.05) is 6.07 Å². The fourth-order valence-corrected chi connectivity index (χ4v) is 2.35. The summed E-state index contributed by atoms with van der Waals surface area (Å²) in [6.07, 6.45) is 3.06. The van der Waals surface area contributed by atoms with Crippen LogP contribution in [0.1, 0.15) is 5.56 Å². The first-order valence-corrected chi connectivity index (χ1v) is 7.76. The lowest BCUT2D eigenvalue weighted by molar-refractivity contribution is -0.111. The fraction of sp³-hybridized carbons (Fsp3) is 0.158. The van der Waals surface area contributed by atoms with Crippen molar-refractivity contribution in [3.8, 4) is 29.1 Å². The van der Waals surface area contributed by atoms with Crippen LogP contribution in [0.25, 0.3) is 6.08 Å². The number of nitriles is 1. The van der Waals surface area contributed by atoms with Gasteiger partial charge >= 0.3 is 0 Å². The number of methoxy groups -OCH3 is 1. The van der Waals surface area contributed by atoms with Gasteiger partial charge in [-0.05, 0) is 35.9 Å². The Balaban J connectivity index is 1.65. The van der Waals surface area contributed by atoms with Crippen molar-refractivity contribution in [3.63, 3.8) is 0 Å². The van der Waals surface area contributed by atoms with Crippen molar-refractivity contribution in [1.82, 2.24) is 0 Å². The summed E-state index contributed by atoms with van der Waals surface area (Å²) < 4.78 is 21.0. The second-order valence-electron chi connectivity index (χ2n) is 5.25. The number of rotatable bonds is 6. The summed E-state index contributed by atoms with van der Waals surface area (Å²) in [4.78, 5) is 12.1. The molecule has 0 aromatic heterocycles. The Kier molecular flexibility index (Phi) is 5.25. The van der Waals surface area contributed by atoms with E-state index < -0.39 is 0 Å². The molecule has 2 aromatic carbocycles. The molecule has 1 N–H and O–H groups in total. The third-order valence-electron chi connectivity index (χ3n) is 3.55. The van der Waals surface area contributed by atoms with E-state index in [2.05, 4.69) is 5.32 Å². The largest absolute Gasteiger partial charge is 0.493 e. The van der Waals surface area contributed by atoms with Crippen molar-refractivity contribution in [3.05, 3.63) is 48.0 Å². The maximum Gasteiger partial charge on any atom is 0.248 e. The molecule has 7 nitrogen and oxygen atoms in total. The summed E-state index contributed by atoms with van der Waals surface area (Å²) in [5, 5.41) is 11.3. The van der Waals surface area contributed by atoms with Gasteiger partial charge < -0.3 is 24.3 Å². The quantitative estimate of drug-likeness (QED) is 0.804. The van der Waals surface area contributed by atoms with Crippen LogP contribution in [-0.4, -0.2) is 26.4 Å².